The second-order valence-electron chi connectivity index (χ2n) is 6.27. The van der Waals surface area contributed by atoms with Gasteiger partial charge in [-0.2, -0.15) is 0 Å². The topological polar surface area (TPSA) is 55.4 Å². The van der Waals surface area contributed by atoms with Gasteiger partial charge in [-0.3, -0.25) is 0 Å². The summed E-state index contributed by atoms with van der Waals surface area (Å²) in [5, 5.41) is 1.41. The summed E-state index contributed by atoms with van der Waals surface area (Å²) in [5.41, 5.74) is 1.17. The Morgan fingerprint density at radius 3 is 1.13 bits per heavy atom. The maximum absolute atomic E-state index is 6.08. The molecule has 1 rings (SSSR count). The molecule has 0 N–H and O–H groups in total. The first kappa shape index (κ1) is 33.3. The van der Waals surface area contributed by atoms with Gasteiger partial charge >= 0.3 is 0 Å². The fourth-order valence-electron chi connectivity index (χ4n) is 2.06. The maximum Gasteiger partial charge on any atom is 0.0776 e. The summed E-state index contributed by atoms with van der Waals surface area (Å²) in [6, 6.07) is 0. The van der Waals surface area contributed by atoms with Gasteiger partial charge in [-0.15, -0.1) is 0 Å². The molecule has 0 aromatic heterocycles. The lowest BCUT2D eigenvalue weighted by Crippen LogP contribution is -2.11. The average Bonchev–Trinajstić information content (AvgIpc) is 2.77. The van der Waals surface area contributed by atoms with Crippen molar-refractivity contribution in [2.24, 2.45) is 0 Å². The first-order chi connectivity index (χ1) is 14.8. The summed E-state index contributed by atoms with van der Waals surface area (Å²) in [5.74, 6) is 0. The molecule has 0 bridgehead atoms. The molecule has 184 valence electrons. The van der Waals surface area contributed by atoms with Gasteiger partial charge in [0.1, 0.15) is 0 Å². The van der Waals surface area contributed by atoms with Gasteiger partial charge in [0.05, 0.1) is 46.0 Å². The zero-order chi connectivity index (χ0) is 24.2. The van der Waals surface area contributed by atoms with Crippen molar-refractivity contribution in [1.82, 2.24) is 0 Å². The number of halogens is 4. The molecule has 6 nitrogen and oxygen atoms in total. The Kier molecular flexibility index (Phi) is 23.6. The number of rotatable bonds is 12. The number of ether oxygens (including phenoxy) is 6. The van der Waals surface area contributed by atoms with Crippen molar-refractivity contribution in [2.45, 2.75) is 39.1 Å². The minimum absolute atomic E-state index is 0.227. The lowest BCUT2D eigenvalue weighted by Gasteiger charge is -2.14. The van der Waals surface area contributed by atoms with E-state index in [0.717, 1.165) is 26.1 Å². The van der Waals surface area contributed by atoms with Crippen LogP contribution < -0.4 is 0 Å². The van der Waals surface area contributed by atoms with Crippen LogP contribution >= 0.6 is 46.4 Å². The monoisotopic (exact) mass is 524 g/mol. The van der Waals surface area contributed by atoms with Crippen molar-refractivity contribution in [3.63, 3.8) is 0 Å². The van der Waals surface area contributed by atoms with E-state index in [-0.39, 0.29) is 19.3 Å². The zero-order valence-electron chi connectivity index (χ0n) is 19.5. The highest BCUT2D eigenvalue weighted by Gasteiger charge is 2.19. The highest BCUT2D eigenvalue weighted by atomic mass is 35.5. The molecule has 0 aliphatic carbocycles. The molecule has 0 spiro atoms. The van der Waals surface area contributed by atoms with Crippen LogP contribution in [0.5, 0.6) is 0 Å². The van der Waals surface area contributed by atoms with Crippen LogP contribution in [0.2, 0.25) is 20.1 Å². The number of methoxy groups -OCH3 is 6. The molecule has 0 fully saturated rings. The Morgan fingerprint density at radius 2 is 0.935 bits per heavy atom. The first-order valence-corrected chi connectivity index (χ1v) is 11.1. The molecule has 0 saturated carbocycles. The van der Waals surface area contributed by atoms with E-state index >= 15 is 0 Å². The summed E-state index contributed by atoms with van der Waals surface area (Å²) in [6.07, 6.45) is 2.43. The molecule has 1 aromatic carbocycles. The van der Waals surface area contributed by atoms with Gasteiger partial charge in [0.2, 0.25) is 0 Å². The molecule has 1 atom stereocenters. The van der Waals surface area contributed by atoms with Gasteiger partial charge in [-0.05, 0) is 19.8 Å². The van der Waals surface area contributed by atoms with Gasteiger partial charge in [-0.25, -0.2) is 0 Å². The van der Waals surface area contributed by atoms with E-state index in [0.29, 0.717) is 37.8 Å². The molecule has 1 aromatic rings. The third kappa shape index (κ3) is 14.8. The largest absolute Gasteiger partial charge is 0.385 e. The van der Waals surface area contributed by atoms with E-state index in [1.54, 1.807) is 28.4 Å². The Hall–Kier alpha value is 0.140. The van der Waals surface area contributed by atoms with E-state index in [9.17, 15) is 0 Å². The second-order valence-corrected chi connectivity index (χ2v) is 7.79. The predicted octanol–water partition coefficient (Wildman–Crippen LogP) is 6.32. The standard InChI is InChI=1S/C10H10Cl4O2.C6H14O2.C5H12O2/c1-15-3-5-7(11)9(13)6(4-16-2)10(14)8(5)12;1-7-5-3-4-6-8-2;1-5(7-3)4-6-2/h3-4H2,1-2H3;3-6H2,1-2H3;5H,4H2,1-3H3. The van der Waals surface area contributed by atoms with Crippen LogP contribution in [-0.2, 0) is 41.6 Å². The van der Waals surface area contributed by atoms with Crippen LogP contribution in [0.15, 0.2) is 0 Å². The molecule has 0 amide bonds. The summed E-state index contributed by atoms with van der Waals surface area (Å²) >= 11 is 24.3. The molecule has 0 heterocycles. The van der Waals surface area contributed by atoms with Gasteiger partial charge in [0.25, 0.3) is 0 Å². The van der Waals surface area contributed by atoms with Gasteiger partial charge < -0.3 is 28.4 Å². The molecule has 0 aliphatic rings. The fourth-order valence-corrected chi connectivity index (χ4v) is 3.21. The molecule has 31 heavy (non-hydrogen) atoms. The zero-order valence-corrected chi connectivity index (χ0v) is 22.5. The lowest BCUT2D eigenvalue weighted by atomic mass is 10.1. The number of hydrogen-bond donors (Lipinski definition) is 0. The highest BCUT2D eigenvalue weighted by Crippen LogP contribution is 2.41. The van der Waals surface area contributed by atoms with E-state index in [2.05, 4.69) is 0 Å². The smallest absolute Gasteiger partial charge is 0.0776 e. The second kappa shape index (κ2) is 22.0. The van der Waals surface area contributed by atoms with Crippen molar-refractivity contribution in [3.05, 3.63) is 31.2 Å². The summed E-state index contributed by atoms with van der Waals surface area (Å²) in [6.45, 7) is 4.85. The Bertz CT molecular complexity index is 503. The van der Waals surface area contributed by atoms with Crippen LogP contribution in [-0.4, -0.2) is 68.6 Å². The summed E-state index contributed by atoms with van der Waals surface area (Å²) in [7, 11) is 9.84. The van der Waals surface area contributed by atoms with Crippen molar-refractivity contribution in [2.75, 3.05) is 62.5 Å². The summed E-state index contributed by atoms with van der Waals surface area (Å²) in [4.78, 5) is 0. The molecule has 10 heteroatoms. The molecular weight excluding hydrogens is 490 g/mol. The minimum atomic E-state index is 0.227. The van der Waals surface area contributed by atoms with E-state index < -0.39 is 0 Å². The van der Waals surface area contributed by atoms with Gasteiger partial charge in [-0.1, -0.05) is 46.4 Å². The van der Waals surface area contributed by atoms with E-state index in [1.165, 1.54) is 14.2 Å². The van der Waals surface area contributed by atoms with Crippen LogP contribution in [0.3, 0.4) is 0 Å². The minimum Gasteiger partial charge on any atom is -0.385 e. The van der Waals surface area contributed by atoms with Crippen LogP contribution in [0.4, 0.5) is 0 Å². The van der Waals surface area contributed by atoms with Crippen molar-refractivity contribution >= 4 is 46.4 Å². The number of unbranched alkanes of at least 4 members (excludes halogenated alkanes) is 1. The van der Waals surface area contributed by atoms with Crippen LogP contribution in [0.25, 0.3) is 0 Å². The maximum atomic E-state index is 6.08. The Morgan fingerprint density at radius 1 is 0.581 bits per heavy atom. The van der Waals surface area contributed by atoms with Crippen molar-refractivity contribution < 1.29 is 28.4 Å². The van der Waals surface area contributed by atoms with Gasteiger partial charge in [0.15, 0.2) is 0 Å². The molecule has 0 radical (unpaired) electrons. The molecule has 1 unspecified atom stereocenters. The van der Waals surface area contributed by atoms with Crippen LogP contribution in [0.1, 0.15) is 30.9 Å². The summed E-state index contributed by atoms with van der Waals surface area (Å²) < 4.78 is 29.3. The SMILES string of the molecule is COCC(C)OC.COCCCCOC.COCc1c(Cl)c(Cl)c(COC)c(Cl)c1Cl. The third-order valence-corrected chi connectivity index (χ3v) is 5.64. The van der Waals surface area contributed by atoms with Crippen LogP contribution in [0, 0.1) is 0 Å². The Balaban J connectivity index is 0. The Labute approximate surface area is 207 Å². The van der Waals surface area contributed by atoms with Crippen molar-refractivity contribution in [1.29, 1.82) is 0 Å². The molecule has 0 aliphatic heterocycles. The normalized spacial score (nSPS) is 11.3. The number of hydrogen-bond acceptors (Lipinski definition) is 6. The third-order valence-electron chi connectivity index (χ3n) is 3.77. The quantitative estimate of drug-likeness (QED) is 0.235. The first-order valence-electron chi connectivity index (χ1n) is 9.58. The number of benzene rings is 1. The molecule has 0 saturated heterocycles. The van der Waals surface area contributed by atoms with E-state index in [1.807, 2.05) is 6.92 Å². The van der Waals surface area contributed by atoms with Gasteiger partial charge in [0, 0.05) is 67.0 Å². The van der Waals surface area contributed by atoms with Crippen molar-refractivity contribution in [3.8, 4) is 0 Å². The molecular formula is C21H36Cl4O6. The van der Waals surface area contributed by atoms with E-state index in [4.69, 9.17) is 74.8 Å². The predicted molar refractivity (Wildman–Crippen MR) is 129 cm³/mol. The lowest BCUT2D eigenvalue weighted by molar-refractivity contribution is 0.0401. The average molecular weight is 526 g/mol. The highest BCUT2D eigenvalue weighted by molar-refractivity contribution is 6.48. The fraction of sp³-hybridized carbons (Fsp3) is 0.714.